The maximum absolute atomic E-state index is 12.2. The predicted octanol–water partition coefficient (Wildman–Crippen LogP) is 3.05. The number of Topliss-reactive ketones (excluding diaryl/α,β-unsaturated/α-hetero) is 1. The fraction of sp³-hybridized carbons (Fsp3) is 0.125. The number of non-ortho nitro benzene ring substituents is 1. The zero-order valence-corrected chi connectivity index (χ0v) is 11.9. The molecule has 2 aromatic carbocycles. The average molecular weight is 298 g/mol. The number of anilines is 1. The van der Waals surface area contributed by atoms with E-state index in [9.17, 15) is 19.7 Å². The molecule has 6 heteroatoms. The Hall–Kier alpha value is -3.02. The normalized spacial score (nSPS) is 11.5. The van der Waals surface area contributed by atoms with Gasteiger partial charge in [0.25, 0.3) is 5.69 Å². The van der Waals surface area contributed by atoms with Gasteiger partial charge in [-0.1, -0.05) is 18.2 Å². The number of rotatable bonds is 5. The van der Waals surface area contributed by atoms with E-state index < -0.39 is 16.7 Å². The molecule has 0 heterocycles. The number of para-hydroxylation sites is 1. The molecule has 22 heavy (non-hydrogen) atoms. The van der Waals surface area contributed by atoms with Gasteiger partial charge in [0.1, 0.15) is 0 Å². The lowest BCUT2D eigenvalue weighted by atomic mass is 9.98. The van der Waals surface area contributed by atoms with E-state index in [1.165, 1.54) is 31.2 Å². The van der Waals surface area contributed by atoms with Gasteiger partial charge in [0.2, 0.25) is 5.91 Å². The maximum Gasteiger partial charge on any atom is 0.269 e. The Labute approximate surface area is 126 Å². The molecule has 0 aliphatic heterocycles. The van der Waals surface area contributed by atoms with E-state index in [1.54, 1.807) is 24.3 Å². The summed E-state index contributed by atoms with van der Waals surface area (Å²) in [6, 6.07) is 14.0. The molecule has 1 N–H and O–H groups in total. The molecule has 0 unspecified atom stereocenters. The van der Waals surface area contributed by atoms with Crippen LogP contribution in [-0.2, 0) is 4.79 Å². The number of benzene rings is 2. The molecule has 0 fully saturated rings. The summed E-state index contributed by atoms with van der Waals surface area (Å²) in [4.78, 5) is 34.3. The minimum absolute atomic E-state index is 0.0991. The number of nitrogens with one attached hydrogen (secondary N) is 1. The summed E-state index contributed by atoms with van der Waals surface area (Å²) >= 11 is 0. The summed E-state index contributed by atoms with van der Waals surface area (Å²) in [5.41, 5.74) is 0.773. The molecule has 0 aliphatic rings. The molecule has 0 aromatic heterocycles. The Morgan fingerprint density at radius 2 is 1.64 bits per heavy atom. The summed E-state index contributed by atoms with van der Waals surface area (Å²) in [5.74, 6) is -1.69. The van der Waals surface area contributed by atoms with Crippen LogP contribution in [0.1, 0.15) is 17.3 Å². The van der Waals surface area contributed by atoms with Gasteiger partial charge in [0.05, 0.1) is 10.8 Å². The number of carbonyl (C=O) groups excluding carboxylic acids is 2. The van der Waals surface area contributed by atoms with Gasteiger partial charge in [-0.05, 0) is 31.2 Å². The zero-order valence-electron chi connectivity index (χ0n) is 11.9. The Bertz CT molecular complexity index is 696. The number of nitro groups is 1. The summed E-state index contributed by atoms with van der Waals surface area (Å²) in [6.07, 6.45) is 0. The lowest BCUT2D eigenvalue weighted by molar-refractivity contribution is -0.384. The Balaban J connectivity index is 2.08. The fourth-order valence-electron chi connectivity index (χ4n) is 1.89. The third kappa shape index (κ3) is 3.54. The molecule has 0 spiro atoms. The van der Waals surface area contributed by atoms with Gasteiger partial charge >= 0.3 is 0 Å². The van der Waals surface area contributed by atoms with Gasteiger partial charge in [0.15, 0.2) is 5.78 Å². The van der Waals surface area contributed by atoms with Crippen molar-refractivity contribution in [3.05, 3.63) is 70.3 Å². The van der Waals surface area contributed by atoms with Crippen molar-refractivity contribution in [3.63, 3.8) is 0 Å². The Kier molecular flexibility index (Phi) is 4.63. The lowest BCUT2D eigenvalue weighted by Gasteiger charge is -2.11. The van der Waals surface area contributed by atoms with Crippen LogP contribution >= 0.6 is 0 Å². The molecular weight excluding hydrogens is 284 g/mol. The summed E-state index contributed by atoms with van der Waals surface area (Å²) in [6.45, 7) is 1.50. The first kappa shape index (κ1) is 15.4. The van der Waals surface area contributed by atoms with Gasteiger partial charge in [-0.25, -0.2) is 0 Å². The highest BCUT2D eigenvalue weighted by Gasteiger charge is 2.23. The molecule has 6 nitrogen and oxygen atoms in total. The molecule has 2 aromatic rings. The topological polar surface area (TPSA) is 89.3 Å². The van der Waals surface area contributed by atoms with E-state index in [4.69, 9.17) is 0 Å². The van der Waals surface area contributed by atoms with Crippen LogP contribution in [0.25, 0.3) is 0 Å². The van der Waals surface area contributed by atoms with Crippen molar-refractivity contribution < 1.29 is 14.5 Å². The van der Waals surface area contributed by atoms with Gasteiger partial charge in [0, 0.05) is 23.4 Å². The number of nitro benzene ring substituents is 1. The second-order valence-electron chi connectivity index (χ2n) is 4.75. The van der Waals surface area contributed by atoms with Crippen molar-refractivity contribution in [2.24, 2.45) is 5.92 Å². The SMILES string of the molecule is C[C@@H](C(=O)Nc1ccccc1)C(=O)c1ccc([N+](=O)[O-])cc1. The van der Waals surface area contributed by atoms with Gasteiger partial charge in [-0.15, -0.1) is 0 Å². The number of carbonyl (C=O) groups is 2. The predicted molar refractivity (Wildman–Crippen MR) is 81.7 cm³/mol. The van der Waals surface area contributed by atoms with Crippen LogP contribution < -0.4 is 5.32 Å². The van der Waals surface area contributed by atoms with Crippen LogP contribution in [0.5, 0.6) is 0 Å². The van der Waals surface area contributed by atoms with E-state index >= 15 is 0 Å². The zero-order chi connectivity index (χ0) is 16.1. The highest BCUT2D eigenvalue weighted by atomic mass is 16.6. The Morgan fingerprint density at radius 1 is 1.05 bits per heavy atom. The van der Waals surface area contributed by atoms with Crippen molar-refractivity contribution in [2.75, 3.05) is 5.32 Å². The molecule has 0 saturated heterocycles. The van der Waals surface area contributed by atoms with Crippen molar-refractivity contribution in [3.8, 4) is 0 Å². The fourth-order valence-corrected chi connectivity index (χ4v) is 1.89. The number of hydrogen-bond acceptors (Lipinski definition) is 4. The monoisotopic (exact) mass is 298 g/mol. The second kappa shape index (κ2) is 6.62. The minimum atomic E-state index is -0.887. The average Bonchev–Trinajstić information content (AvgIpc) is 2.54. The van der Waals surface area contributed by atoms with Crippen LogP contribution in [-0.4, -0.2) is 16.6 Å². The molecule has 0 aliphatic carbocycles. The molecule has 0 bridgehead atoms. The Morgan fingerprint density at radius 3 is 2.18 bits per heavy atom. The quantitative estimate of drug-likeness (QED) is 0.397. The van der Waals surface area contributed by atoms with E-state index in [0.29, 0.717) is 5.69 Å². The minimum Gasteiger partial charge on any atom is -0.325 e. The van der Waals surface area contributed by atoms with Crippen molar-refractivity contribution in [1.82, 2.24) is 0 Å². The molecule has 0 saturated carbocycles. The van der Waals surface area contributed by atoms with Gasteiger partial charge in [-0.2, -0.15) is 0 Å². The van der Waals surface area contributed by atoms with E-state index in [1.807, 2.05) is 6.07 Å². The van der Waals surface area contributed by atoms with Crippen LogP contribution in [0, 0.1) is 16.0 Å². The molecule has 1 amide bonds. The van der Waals surface area contributed by atoms with Crippen LogP contribution in [0.2, 0.25) is 0 Å². The van der Waals surface area contributed by atoms with Gasteiger partial charge in [-0.3, -0.25) is 19.7 Å². The molecule has 0 radical (unpaired) electrons. The van der Waals surface area contributed by atoms with E-state index in [-0.39, 0.29) is 17.0 Å². The maximum atomic E-state index is 12.2. The van der Waals surface area contributed by atoms with Crippen LogP contribution in [0.3, 0.4) is 0 Å². The van der Waals surface area contributed by atoms with Crippen LogP contribution in [0.4, 0.5) is 11.4 Å². The van der Waals surface area contributed by atoms with Crippen molar-refractivity contribution in [2.45, 2.75) is 6.92 Å². The van der Waals surface area contributed by atoms with E-state index in [0.717, 1.165) is 0 Å². The highest BCUT2D eigenvalue weighted by Crippen LogP contribution is 2.16. The molecule has 1 atom stereocenters. The third-order valence-electron chi connectivity index (χ3n) is 3.19. The number of hydrogen-bond donors (Lipinski definition) is 1. The summed E-state index contributed by atoms with van der Waals surface area (Å²) < 4.78 is 0. The standard InChI is InChI=1S/C16H14N2O4/c1-11(16(20)17-13-5-3-2-4-6-13)15(19)12-7-9-14(10-8-12)18(21)22/h2-11H,1H3,(H,17,20)/t11-/m1/s1. The number of amides is 1. The van der Waals surface area contributed by atoms with Gasteiger partial charge < -0.3 is 5.32 Å². The molecule has 2 rings (SSSR count). The second-order valence-corrected chi connectivity index (χ2v) is 4.75. The molecule has 112 valence electrons. The first-order valence-electron chi connectivity index (χ1n) is 6.63. The van der Waals surface area contributed by atoms with E-state index in [2.05, 4.69) is 5.32 Å². The lowest BCUT2D eigenvalue weighted by Crippen LogP contribution is -2.27. The highest BCUT2D eigenvalue weighted by molar-refractivity contribution is 6.13. The largest absolute Gasteiger partial charge is 0.325 e. The smallest absolute Gasteiger partial charge is 0.269 e. The number of ketones is 1. The van der Waals surface area contributed by atoms with Crippen molar-refractivity contribution in [1.29, 1.82) is 0 Å². The van der Waals surface area contributed by atoms with Crippen molar-refractivity contribution >= 4 is 23.1 Å². The first-order valence-corrected chi connectivity index (χ1v) is 6.63. The van der Waals surface area contributed by atoms with Crippen LogP contribution in [0.15, 0.2) is 54.6 Å². The summed E-state index contributed by atoms with van der Waals surface area (Å²) in [7, 11) is 0. The number of nitrogens with zero attached hydrogens (tertiary/aromatic N) is 1. The first-order chi connectivity index (χ1) is 10.5. The third-order valence-corrected chi connectivity index (χ3v) is 3.19. The summed E-state index contributed by atoms with van der Waals surface area (Å²) in [5, 5.41) is 13.2. The molecular formula is C16H14N2O4.